The molecule has 1 amide bonds. The van der Waals surface area contributed by atoms with Gasteiger partial charge < -0.3 is 19.1 Å². The topological polar surface area (TPSA) is 48.0 Å². The van der Waals surface area contributed by atoms with Crippen molar-refractivity contribution in [2.24, 2.45) is 0 Å². The lowest BCUT2D eigenvalue weighted by atomic mass is 9.97. The molecule has 1 aliphatic rings. The largest absolute Gasteiger partial charge is 0.497 e. The zero-order valence-corrected chi connectivity index (χ0v) is 15.6. The number of hydrogen-bond donors (Lipinski definition) is 0. The molecule has 1 atom stereocenters. The second-order valence-electron chi connectivity index (χ2n) is 6.04. The van der Waals surface area contributed by atoms with Crippen molar-refractivity contribution >= 4 is 17.2 Å². The molecular weight excluding hydrogens is 338 g/mol. The van der Waals surface area contributed by atoms with Gasteiger partial charge in [0.1, 0.15) is 11.5 Å². The van der Waals surface area contributed by atoms with E-state index in [-0.39, 0.29) is 11.8 Å². The summed E-state index contributed by atoms with van der Waals surface area (Å²) < 4.78 is 16.0. The van der Waals surface area contributed by atoms with Gasteiger partial charge in [0.25, 0.3) is 5.91 Å². The predicted molar refractivity (Wildman–Crippen MR) is 97.8 cm³/mol. The van der Waals surface area contributed by atoms with Crippen LogP contribution >= 0.6 is 11.3 Å². The Morgan fingerprint density at radius 2 is 2.04 bits per heavy atom. The number of amides is 1. The fourth-order valence-corrected chi connectivity index (χ4v) is 4.17. The first kappa shape index (κ1) is 17.8. The number of rotatable bonds is 6. The fraction of sp³-hybridized carbons (Fsp3) is 0.421. The molecule has 1 aromatic carbocycles. The van der Waals surface area contributed by atoms with Gasteiger partial charge in [-0.05, 0) is 36.8 Å². The SMILES string of the molecule is COCc1ccc(C(=O)N2CCC(c3cc(OC)ccc3OC)C2)s1. The van der Waals surface area contributed by atoms with Crippen LogP contribution in [0.3, 0.4) is 0 Å². The van der Waals surface area contributed by atoms with Crippen molar-refractivity contribution in [2.75, 3.05) is 34.4 Å². The number of likely N-dealkylation sites (tertiary alicyclic amines) is 1. The maximum atomic E-state index is 12.8. The van der Waals surface area contributed by atoms with E-state index in [1.165, 1.54) is 11.3 Å². The van der Waals surface area contributed by atoms with E-state index in [9.17, 15) is 4.79 Å². The van der Waals surface area contributed by atoms with Crippen molar-refractivity contribution in [3.05, 3.63) is 45.6 Å². The Morgan fingerprint density at radius 3 is 2.76 bits per heavy atom. The van der Waals surface area contributed by atoms with Crippen molar-refractivity contribution in [2.45, 2.75) is 18.9 Å². The highest BCUT2D eigenvalue weighted by atomic mass is 32.1. The summed E-state index contributed by atoms with van der Waals surface area (Å²) in [5, 5.41) is 0. The molecule has 2 aromatic rings. The Bertz CT molecular complexity index is 743. The molecule has 25 heavy (non-hydrogen) atoms. The predicted octanol–water partition coefficient (Wildman–Crippen LogP) is 3.54. The molecule has 1 aromatic heterocycles. The Hall–Kier alpha value is -2.05. The van der Waals surface area contributed by atoms with Crippen LogP contribution in [0.15, 0.2) is 30.3 Å². The van der Waals surface area contributed by atoms with Gasteiger partial charge in [0.2, 0.25) is 0 Å². The zero-order valence-electron chi connectivity index (χ0n) is 14.8. The molecule has 0 saturated carbocycles. The zero-order chi connectivity index (χ0) is 17.8. The maximum absolute atomic E-state index is 12.8. The molecule has 1 fully saturated rings. The van der Waals surface area contributed by atoms with Crippen molar-refractivity contribution < 1.29 is 19.0 Å². The maximum Gasteiger partial charge on any atom is 0.263 e. The molecule has 1 aliphatic heterocycles. The number of ether oxygens (including phenoxy) is 3. The number of nitrogens with zero attached hydrogens (tertiary/aromatic N) is 1. The summed E-state index contributed by atoms with van der Waals surface area (Å²) in [6.07, 6.45) is 0.922. The van der Waals surface area contributed by atoms with Crippen molar-refractivity contribution in [1.29, 1.82) is 0 Å². The van der Waals surface area contributed by atoms with E-state index in [2.05, 4.69) is 0 Å². The van der Waals surface area contributed by atoms with Gasteiger partial charge in [-0.2, -0.15) is 0 Å². The second-order valence-corrected chi connectivity index (χ2v) is 7.21. The van der Waals surface area contributed by atoms with Gasteiger partial charge in [-0.15, -0.1) is 11.3 Å². The van der Waals surface area contributed by atoms with Crippen LogP contribution in [0.5, 0.6) is 11.5 Å². The average molecular weight is 361 g/mol. The van der Waals surface area contributed by atoms with E-state index >= 15 is 0 Å². The number of hydrogen-bond acceptors (Lipinski definition) is 5. The second kappa shape index (κ2) is 7.89. The highest BCUT2D eigenvalue weighted by Crippen LogP contribution is 2.36. The average Bonchev–Trinajstić information content (AvgIpc) is 3.30. The third-order valence-corrected chi connectivity index (χ3v) is 5.56. The molecule has 0 spiro atoms. The van der Waals surface area contributed by atoms with Gasteiger partial charge in [-0.25, -0.2) is 0 Å². The Balaban J connectivity index is 1.73. The molecule has 5 nitrogen and oxygen atoms in total. The summed E-state index contributed by atoms with van der Waals surface area (Å²) in [6.45, 7) is 1.99. The van der Waals surface area contributed by atoms with Gasteiger partial charge in [-0.1, -0.05) is 0 Å². The number of carbonyl (C=O) groups is 1. The monoisotopic (exact) mass is 361 g/mol. The van der Waals surface area contributed by atoms with Crippen LogP contribution in [-0.2, 0) is 11.3 Å². The lowest BCUT2D eigenvalue weighted by Gasteiger charge is -2.18. The van der Waals surface area contributed by atoms with Crippen molar-refractivity contribution in [3.8, 4) is 11.5 Å². The van der Waals surface area contributed by atoms with E-state index in [1.54, 1.807) is 21.3 Å². The minimum absolute atomic E-state index is 0.0942. The van der Waals surface area contributed by atoms with E-state index < -0.39 is 0 Å². The van der Waals surface area contributed by atoms with Gasteiger partial charge in [0.15, 0.2) is 0 Å². The Kier molecular flexibility index (Phi) is 5.60. The van der Waals surface area contributed by atoms with Crippen LogP contribution in [0.2, 0.25) is 0 Å². The summed E-state index contributed by atoms with van der Waals surface area (Å²) in [4.78, 5) is 16.5. The molecule has 1 saturated heterocycles. The van der Waals surface area contributed by atoms with Crippen molar-refractivity contribution in [1.82, 2.24) is 4.90 Å². The molecule has 1 unspecified atom stereocenters. The first-order valence-corrected chi connectivity index (χ1v) is 9.06. The van der Waals surface area contributed by atoms with Crippen LogP contribution in [-0.4, -0.2) is 45.2 Å². The fourth-order valence-electron chi connectivity index (χ4n) is 3.23. The number of benzene rings is 1. The summed E-state index contributed by atoms with van der Waals surface area (Å²) in [7, 11) is 4.99. The first-order chi connectivity index (χ1) is 12.2. The molecule has 2 heterocycles. The molecule has 134 valence electrons. The van der Waals surface area contributed by atoms with Crippen LogP contribution in [0.25, 0.3) is 0 Å². The van der Waals surface area contributed by atoms with Crippen LogP contribution in [0.4, 0.5) is 0 Å². The summed E-state index contributed by atoms with van der Waals surface area (Å²) in [5.41, 5.74) is 1.10. The smallest absolute Gasteiger partial charge is 0.263 e. The molecule has 0 bridgehead atoms. The molecule has 0 aliphatic carbocycles. The highest BCUT2D eigenvalue weighted by molar-refractivity contribution is 7.14. The normalized spacial score (nSPS) is 16.9. The lowest BCUT2D eigenvalue weighted by molar-refractivity contribution is 0.0795. The molecular formula is C19H23NO4S. The van der Waals surface area contributed by atoms with Crippen LogP contribution < -0.4 is 9.47 Å². The summed E-state index contributed by atoms with van der Waals surface area (Å²) in [6, 6.07) is 9.68. The molecule has 0 radical (unpaired) electrons. The van der Waals surface area contributed by atoms with Crippen LogP contribution in [0, 0.1) is 0 Å². The molecule has 3 rings (SSSR count). The van der Waals surface area contributed by atoms with Gasteiger partial charge in [-0.3, -0.25) is 4.79 Å². The Morgan fingerprint density at radius 1 is 1.20 bits per heavy atom. The van der Waals surface area contributed by atoms with E-state index in [0.717, 1.165) is 39.8 Å². The van der Waals surface area contributed by atoms with E-state index in [4.69, 9.17) is 14.2 Å². The van der Waals surface area contributed by atoms with Gasteiger partial charge in [0, 0.05) is 36.6 Å². The minimum Gasteiger partial charge on any atom is -0.497 e. The quantitative estimate of drug-likeness (QED) is 0.790. The third-order valence-electron chi connectivity index (χ3n) is 4.51. The van der Waals surface area contributed by atoms with E-state index in [1.807, 2.05) is 35.2 Å². The Labute approximate surface area is 152 Å². The standard InChI is InChI=1S/C19H23NO4S/c1-22-12-15-5-7-18(25-15)19(21)20-9-8-13(11-20)16-10-14(23-2)4-6-17(16)24-3/h4-7,10,13H,8-9,11-12H2,1-3H3. The third kappa shape index (κ3) is 3.80. The summed E-state index contributed by atoms with van der Waals surface area (Å²) in [5.74, 6) is 2.01. The van der Waals surface area contributed by atoms with Gasteiger partial charge >= 0.3 is 0 Å². The van der Waals surface area contributed by atoms with Gasteiger partial charge in [0.05, 0.1) is 25.7 Å². The van der Waals surface area contributed by atoms with Crippen molar-refractivity contribution in [3.63, 3.8) is 0 Å². The van der Waals surface area contributed by atoms with E-state index in [0.29, 0.717) is 13.2 Å². The molecule has 6 heteroatoms. The minimum atomic E-state index is 0.0942. The number of thiophene rings is 1. The molecule has 0 N–H and O–H groups in total. The summed E-state index contributed by atoms with van der Waals surface area (Å²) >= 11 is 1.50. The lowest BCUT2D eigenvalue weighted by Crippen LogP contribution is -2.27. The number of methoxy groups -OCH3 is 3. The number of carbonyl (C=O) groups excluding carboxylic acids is 1. The first-order valence-electron chi connectivity index (χ1n) is 8.25. The van der Waals surface area contributed by atoms with Crippen LogP contribution in [0.1, 0.15) is 32.5 Å². The highest BCUT2D eigenvalue weighted by Gasteiger charge is 2.30.